The minimum Gasteiger partial charge on any atom is -0.361 e. The molecule has 0 saturated carbocycles. The number of amides is 1. The molecule has 5 nitrogen and oxygen atoms in total. The molecule has 0 radical (unpaired) electrons. The maximum absolute atomic E-state index is 12.8. The molecule has 2 bridgehead atoms. The fraction of sp³-hybridized carbons (Fsp3) is 0.391. The Bertz CT molecular complexity index is 1080. The third-order valence-electron chi connectivity index (χ3n) is 6.34. The second kappa shape index (κ2) is 6.97. The number of para-hydroxylation sites is 1. The van der Waals surface area contributed by atoms with Crippen LogP contribution in [0.3, 0.4) is 0 Å². The number of aromatic amines is 1. The molecule has 2 aliphatic heterocycles. The van der Waals surface area contributed by atoms with Crippen molar-refractivity contribution < 1.29 is 4.79 Å². The number of likely N-dealkylation sites (tertiary alicyclic amines) is 1. The smallest absolute Gasteiger partial charge is 0.250 e. The van der Waals surface area contributed by atoms with Gasteiger partial charge in [-0.25, -0.2) is 0 Å². The summed E-state index contributed by atoms with van der Waals surface area (Å²) in [5.74, 6) is 0.934. The van der Waals surface area contributed by atoms with E-state index in [-0.39, 0.29) is 11.5 Å². The Labute approximate surface area is 164 Å². The van der Waals surface area contributed by atoms with Crippen molar-refractivity contribution in [2.75, 3.05) is 13.1 Å². The molecule has 28 heavy (non-hydrogen) atoms. The monoisotopic (exact) mass is 375 g/mol. The van der Waals surface area contributed by atoms with Gasteiger partial charge in [0.15, 0.2) is 0 Å². The van der Waals surface area contributed by atoms with Crippen molar-refractivity contribution in [3.8, 4) is 0 Å². The van der Waals surface area contributed by atoms with E-state index in [4.69, 9.17) is 0 Å². The normalized spacial score (nSPS) is 20.9. The first kappa shape index (κ1) is 17.3. The Hall–Kier alpha value is -2.82. The Morgan fingerprint density at radius 3 is 2.89 bits per heavy atom. The van der Waals surface area contributed by atoms with E-state index in [0.29, 0.717) is 18.3 Å². The number of rotatable bonds is 4. The Morgan fingerprint density at radius 2 is 1.96 bits per heavy atom. The summed E-state index contributed by atoms with van der Waals surface area (Å²) >= 11 is 0. The quantitative estimate of drug-likeness (QED) is 0.761. The van der Waals surface area contributed by atoms with Crippen LogP contribution in [0.5, 0.6) is 0 Å². The summed E-state index contributed by atoms with van der Waals surface area (Å²) in [6.07, 6.45) is 5.51. The van der Waals surface area contributed by atoms with Crippen LogP contribution < -0.4 is 5.56 Å². The molecular formula is C23H25N3O2. The average molecular weight is 375 g/mol. The second-order valence-corrected chi connectivity index (χ2v) is 8.21. The number of fused-ring (bicyclic) bond motifs is 5. The summed E-state index contributed by atoms with van der Waals surface area (Å²) in [6, 6.07) is 13.8. The number of hydrogen-bond acceptors (Lipinski definition) is 2. The summed E-state index contributed by atoms with van der Waals surface area (Å²) in [5, 5.41) is 1.25. The minimum absolute atomic E-state index is 0.0886. The highest BCUT2D eigenvalue weighted by Crippen LogP contribution is 2.35. The van der Waals surface area contributed by atoms with E-state index in [0.717, 1.165) is 50.1 Å². The van der Waals surface area contributed by atoms with E-state index in [1.807, 2.05) is 27.7 Å². The van der Waals surface area contributed by atoms with E-state index in [2.05, 4.69) is 29.4 Å². The molecular weight excluding hydrogens is 350 g/mol. The van der Waals surface area contributed by atoms with Gasteiger partial charge in [-0.3, -0.25) is 9.59 Å². The lowest BCUT2D eigenvalue weighted by atomic mass is 9.83. The molecule has 1 aromatic carbocycles. The number of aryl methyl sites for hydroxylation is 1. The summed E-state index contributed by atoms with van der Waals surface area (Å²) in [5.41, 5.74) is 3.62. The lowest BCUT2D eigenvalue weighted by Gasteiger charge is -2.42. The Balaban J connectivity index is 1.23. The predicted molar refractivity (Wildman–Crippen MR) is 109 cm³/mol. The van der Waals surface area contributed by atoms with Crippen LogP contribution >= 0.6 is 0 Å². The van der Waals surface area contributed by atoms with Crippen molar-refractivity contribution in [3.05, 3.63) is 70.3 Å². The van der Waals surface area contributed by atoms with Crippen molar-refractivity contribution >= 4 is 16.8 Å². The number of piperidine rings is 1. The minimum atomic E-state index is 0.0886. The number of aromatic nitrogens is 2. The summed E-state index contributed by atoms with van der Waals surface area (Å²) in [6.45, 7) is 2.26. The molecule has 0 aliphatic carbocycles. The van der Waals surface area contributed by atoms with Gasteiger partial charge in [0, 0.05) is 60.8 Å². The molecule has 3 aromatic rings. The third kappa shape index (κ3) is 3.05. The number of carbonyl (C=O) groups is 1. The Kier molecular flexibility index (Phi) is 4.30. The zero-order valence-corrected chi connectivity index (χ0v) is 15.9. The van der Waals surface area contributed by atoms with Crippen LogP contribution in [0.2, 0.25) is 0 Å². The van der Waals surface area contributed by atoms with Crippen molar-refractivity contribution in [3.63, 3.8) is 0 Å². The van der Waals surface area contributed by atoms with Gasteiger partial charge in [0.05, 0.1) is 0 Å². The molecule has 0 unspecified atom stereocenters. The molecule has 1 amide bonds. The highest BCUT2D eigenvalue weighted by molar-refractivity contribution is 5.83. The van der Waals surface area contributed by atoms with Gasteiger partial charge in [-0.05, 0) is 42.9 Å². The van der Waals surface area contributed by atoms with Crippen LogP contribution in [-0.2, 0) is 17.8 Å². The first-order valence-corrected chi connectivity index (χ1v) is 10.2. The summed E-state index contributed by atoms with van der Waals surface area (Å²) in [7, 11) is 0. The first-order valence-electron chi connectivity index (χ1n) is 10.2. The fourth-order valence-corrected chi connectivity index (χ4v) is 5.03. The van der Waals surface area contributed by atoms with Gasteiger partial charge in [-0.15, -0.1) is 0 Å². The lowest BCUT2D eigenvalue weighted by molar-refractivity contribution is -0.134. The standard InChI is InChI=1S/C23H25N3O2/c27-22(9-3-5-17-12-24-20-7-2-1-6-19(17)20)25-13-16-11-18(15-25)21-8-4-10-23(28)26(21)14-16/h1-2,4,6-8,10,12,16,18,24H,3,5,9,11,13-15H2/t16-,18+/m0/s1. The number of H-pyrrole nitrogens is 1. The molecule has 0 spiro atoms. The number of pyridine rings is 1. The molecule has 2 aliphatic rings. The number of nitrogens with zero attached hydrogens (tertiary/aromatic N) is 2. The van der Waals surface area contributed by atoms with Gasteiger partial charge in [0.2, 0.25) is 5.91 Å². The predicted octanol–water partition coefficient (Wildman–Crippen LogP) is 3.30. The zero-order chi connectivity index (χ0) is 19.1. The van der Waals surface area contributed by atoms with Gasteiger partial charge >= 0.3 is 0 Å². The van der Waals surface area contributed by atoms with Crippen molar-refractivity contribution in [1.82, 2.24) is 14.5 Å². The van der Waals surface area contributed by atoms with E-state index in [1.165, 1.54) is 10.9 Å². The highest BCUT2D eigenvalue weighted by Gasteiger charge is 2.35. The molecule has 2 aromatic heterocycles. The van der Waals surface area contributed by atoms with Crippen LogP contribution in [0.4, 0.5) is 0 Å². The number of benzene rings is 1. The van der Waals surface area contributed by atoms with Crippen LogP contribution in [0, 0.1) is 5.92 Å². The van der Waals surface area contributed by atoms with Gasteiger partial charge in [-0.1, -0.05) is 24.3 Å². The molecule has 1 saturated heterocycles. The largest absolute Gasteiger partial charge is 0.361 e. The van der Waals surface area contributed by atoms with Crippen LogP contribution in [-0.4, -0.2) is 33.4 Å². The molecule has 5 heteroatoms. The van der Waals surface area contributed by atoms with Gasteiger partial charge in [0.1, 0.15) is 0 Å². The average Bonchev–Trinajstić information content (AvgIpc) is 3.12. The first-order chi connectivity index (χ1) is 13.7. The number of nitrogens with one attached hydrogen (secondary N) is 1. The second-order valence-electron chi connectivity index (χ2n) is 8.21. The van der Waals surface area contributed by atoms with Crippen LogP contribution in [0.15, 0.2) is 53.5 Å². The molecule has 1 fully saturated rings. The topological polar surface area (TPSA) is 58.1 Å². The number of carbonyl (C=O) groups excluding carboxylic acids is 1. The summed E-state index contributed by atoms with van der Waals surface area (Å²) in [4.78, 5) is 30.3. The van der Waals surface area contributed by atoms with E-state index < -0.39 is 0 Å². The van der Waals surface area contributed by atoms with Crippen LogP contribution in [0.25, 0.3) is 10.9 Å². The maximum atomic E-state index is 12.8. The number of hydrogen-bond donors (Lipinski definition) is 1. The SMILES string of the molecule is O=C(CCCc1c[nH]c2ccccc12)N1C[C@@H]2C[C@H](C1)c1cccc(=O)n1C2. The molecule has 144 valence electrons. The van der Waals surface area contributed by atoms with Crippen LogP contribution in [0.1, 0.15) is 36.4 Å². The van der Waals surface area contributed by atoms with Gasteiger partial charge in [-0.2, -0.15) is 0 Å². The Morgan fingerprint density at radius 1 is 1.07 bits per heavy atom. The van der Waals surface area contributed by atoms with Gasteiger partial charge < -0.3 is 14.5 Å². The van der Waals surface area contributed by atoms with E-state index in [9.17, 15) is 9.59 Å². The third-order valence-corrected chi connectivity index (χ3v) is 6.34. The van der Waals surface area contributed by atoms with Crippen molar-refractivity contribution in [2.24, 2.45) is 5.92 Å². The fourth-order valence-electron chi connectivity index (χ4n) is 5.03. The van der Waals surface area contributed by atoms with E-state index in [1.54, 1.807) is 6.07 Å². The molecule has 4 heterocycles. The zero-order valence-electron chi connectivity index (χ0n) is 15.9. The molecule has 5 rings (SSSR count). The summed E-state index contributed by atoms with van der Waals surface area (Å²) < 4.78 is 1.91. The van der Waals surface area contributed by atoms with Crippen molar-refractivity contribution in [1.29, 1.82) is 0 Å². The highest BCUT2D eigenvalue weighted by atomic mass is 16.2. The molecule has 1 N–H and O–H groups in total. The van der Waals surface area contributed by atoms with E-state index >= 15 is 0 Å². The maximum Gasteiger partial charge on any atom is 0.250 e. The van der Waals surface area contributed by atoms with Crippen molar-refractivity contribution in [2.45, 2.75) is 38.1 Å². The van der Waals surface area contributed by atoms with Gasteiger partial charge in [0.25, 0.3) is 5.56 Å². The lowest BCUT2D eigenvalue weighted by Crippen LogP contribution is -2.49. The molecule has 2 atom stereocenters.